The van der Waals surface area contributed by atoms with Gasteiger partial charge in [0, 0.05) is 5.56 Å². The van der Waals surface area contributed by atoms with E-state index in [9.17, 15) is 9.90 Å². The third-order valence-electron chi connectivity index (χ3n) is 6.01. The summed E-state index contributed by atoms with van der Waals surface area (Å²) in [4.78, 5) is 13.3. The second kappa shape index (κ2) is 9.53. The number of unbranched alkanes of at least 4 members (excludes halogenated alkanes) is 2. The Labute approximate surface area is 195 Å². The first-order valence-electron chi connectivity index (χ1n) is 11.5. The molecule has 4 heteroatoms. The fourth-order valence-corrected chi connectivity index (χ4v) is 4.33. The molecule has 1 aliphatic heterocycles. The van der Waals surface area contributed by atoms with E-state index in [-0.39, 0.29) is 5.75 Å². The molecule has 0 aliphatic carbocycles. The monoisotopic (exact) mass is 442 g/mol. The molecule has 0 saturated carbocycles. The molecular weight excluding hydrogens is 412 g/mol. The second-order valence-electron chi connectivity index (χ2n) is 8.69. The molecule has 0 bridgehead atoms. The Kier molecular flexibility index (Phi) is 6.55. The highest BCUT2D eigenvalue weighted by Gasteiger charge is 2.35. The largest absolute Gasteiger partial charge is 0.507 e. The fourth-order valence-electron chi connectivity index (χ4n) is 4.33. The molecule has 3 aromatic rings. The number of fused-ring (bicyclic) bond motifs is 1. The van der Waals surface area contributed by atoms with Gasteiger partial charge < -0.3 is 14.6 Å². The van der Waals surface area contributed by atoms with Gasteiger partial charge in [0.05, 0.1) is 5.56 Å². The van der Waals surface area contributed by atoms with Crippen LogP contribution in [0, 0.1) is 6.92 Å². The van der Waals surface area contributed by atoms with Gasteiger partial charge in [0.25, 0.3) is 6.29 Å². The average Bonchev–Trinajstić information content (AvgIpc) is 2.79. The van der Waals surface area contributed by atoms with E-state index >= 15 is 0 Å². The van der Waals surface area contributed by atoms with Crippen molar-refractivity contribution in [1.29, 1.82) is 0 Å². The smallest absolute Gasteiger partial charge is 0.345 e. The number of hydrogen-bond donors (Lipinski definition) is 1. The van der Waals surface area contributed by atoms with Crippen LogP contribution in [0.2, 0.25) is 0 Å². The van der Waals surface area contributed by atoms with E-state index in [2.05, 4.69) is 13.5 Å². The van der Waals surface area contributed by atoms with Crippen molar-refractivity contribution in [2.45, 2.75) is 52.7 Å². The quantitative estimate of drug-likeness (QED) is 0.306. The predicted octanol–water partition coefficient (Wildman–Crippen LogP) is 7.38. The van der Waals surface area contributed by atoms with E-state index in [0.717, 1.165) is 52.7 Å². The zero-order valence-electron chi connectivity index (χ0n) is 19.5. The van der Waals surface area contributed by atoms with E-state index in [0.29, 0.717) is 23.3 Å². The zero-order chi connectivity index (χ0) is 23.5. The lowest BCUT2D eigenvalue weighted by Gasteiger charge is -2.30. The van der Waals surface area contributed by atoms with Gasteiger partial charge in [-0.2, -0.15) is 0 Å². The van der Waals surface area contributed by atoms with Crippen molar-refractivity contribution in [3.05, 3.63) is 89.0 Å². The first kappa shape index (κ1) is 22.7. The van der Waals surface area contributed by atoms with Crippen molar-refractivity contribution in [3.63, 3.8) is 0 Å². The molecule has 0 spiro atoms. The van der Waals surface area contributed by atoms with Gasteiger partial charge in [-0.15, -0.1) is 0 Å². The van der Waals surface area contributed by atoms with Crippen LogP contribution in [0.25, 0.3) is 16.7 Å². The number of phenolic OH excluding ortho intramolecular Hbond substituents is 1. The Morgan fingerprint density at radius 2 is 1.79 bits per heavy atom. The minimum Gasteiger partial charge on any atom is -0.507 e. The van der Waals surface area contributed by atoms with Gasteiger partial charge in [-0.3, -0.25) is 0 Å². The maximum atomic E-state index is 13.3. The predicted molar refractivity (Wildman–Crippen MR) is 131 cm³/mol. The average molecular weight is 443 g/mol. The van der Waals surface area contributed by atoms with Gasteiger partial charge >= 0.3 is 5.97 Å². The highest BCUT2D eigenvalue weighted by Crippen LogP contribution is 2.49. The maximum Gasteiger partial charge on any atom is 0.345 e. The molecule has 4 rings (SSSR count). The molecule has 0 amide bonds. The summed E-state index contributed by atoms with van der Waals surface area (Å²) in [5, 5.41) is 11.2. The molecule has 33 heavy (non-hydrogen) atoms. The third kappa shape index (κ3) is 4.51. The van der Waals surface area contributed by atoms with Gasteiger partial charge in [-0.25, -0.2) is 4.79 Å². The van der Waals surface area contributed by atoms with Crippen molar-refractivity contribution in [1.82, 2.24) is 0 Å². The molecule has 1 unspecified atom stereocenters. The Hall–Kier alpha value is -3.53. The summed E-state index contributed by atoms with van der Waals surface area (Å²) in [6.45, 7) is 10.2. The van der Waals surface area contributed by atoms with E-state index in [4.69, 9.17) is 9.47 Å². The first-order valence-corrected chi connectivity index (χ1v) is 11.5. The van der Waals surface area contributed by atoms with Gasteiger partial charge in [-0.1, -0.05) is 86.0 Å². The van der Waals surface area contributed by atoms with Crippen LogP contribution in [0.1, 0.15) is 72.0 Å². The summed E-state index contributed by atoms with van der Waals surface area (Å²) in [5.41, 5.74) is 5.98. The number of allylic oxidation sites excluding steroid dienone is 1. The number of aryl methyl sites for hydroxylation is 2. The molecule has 3 aromatic carbocycles. The Morgan fingerprint density at radius 3 is 2.48 bits per heavy atom. The van der Waals surface area contributed by atoms with Gasteiger partial charge in [0.2, 0.25) is 0 Å². The highest BCUT2D eigenvalue weighted by atomic mass is 16.7. The number of hydrogen-bond acceptors (Lipinski definition) is 4. The van der Waals surface area contributed by atoms with Crippen LogP contribution in [0.4, 0.5) is 0 Å². The van der Waals surface area contributed by atoms with Crippen molar-refractivity contribution in [2.24, 2.45) is 0 Å². The van der Waals surface area contributed by atoms with Crippen molar-refractivity contribution in [3.8, 4) is 22.6 Å². The molecule has 1 heterocycles. The zero-order valence-corrected chi connectivity index (χ0v) is 19.5. The third-order valence-corrected chi connectivity index (χ3v) is 6.01. The number of benzene rings is 3. The van der Waals surface area contributed by atoms with Crippen LogP contribution in [-0.4, -0.2) is 11.1 Å². The van der Waals surface area contributed by atoms with E-state index < -0.39 is 12.3 Å². The molecular formula is C29H30O4. The summed E-state index contributed by atoms with van der Waals surface area (Å²) in [6.07, 6.45) is 2.80. The number of ether oxygens (including phenoxy) is 2. The molecule has 170 valence electrons. The standard InChI is InChI=1S/C29H30O4/c1-5-6-8-13-21-17-24(30)26(23-16-19(4)14-15-22(23)18(2)3)27-25(21)28(31)33-29(32-27)20-11-9-7-10-12-20/h7,9-12,14-17,29-30H,2,5-6,8,13H2,1,3-4H3. The summed E-state index contributed by atoms with van der Waals surface area (Å²) in [7, 11) is 0. The number of phenols is 1. The SMILES string of the molecule is C=C(C)c1ccc(C)cc1-c1c(O)cc(CCCCC)c2c1OC(c1ccccc1)OC2=O. The fraction of sp³-hybridized carbons (Fsp3) is 0.276. The first-order chi connectivity index (χ1) is 15.9. The topological polar surface area (TPSA) is 55.8 Å². The molecule has 1 aliphatic rings. The number of cyclic esters (lactones) is 1. The lowest BCUT2D eigenvalue weighted by atomic mass is 9.88. The van der Waals surface area contributed by atoms with E-state index in [1.165, 1.54) is 0 Å². The summed E-state index contributed by atoms with van der Waals surface area (Å²) in [6, 6.07) is 17.1. The summed E-state index contributed by atoms with van der Waals surface area (Å²) < 4.78 is 12.1. The summed E-state index contributed by atoms with van der Waals surface area (Å²) >= 11 is 0. The van der Waals surface area contributed by atoms with Crippen LogP contribution >= 0.6 is 0 Å². The molecule has 1 atom stereocenters. The second-order valence-corrected chi connectivity index (χ2v) is 8.69. The molecule has 0 saturated heterocycles. The maximum absolute atomic E-state index is 13.3. The van der Waals surface area contributed by atoms with Crippen molar-refractivity contribution in [2.75, 3.05) is 0 Å². The molecule has 0 fully saturated rings. The summed E-state index contributed by atoms with van der Waals surface area (Å²) in [5.74, 6) is 0.0388. The number of esters is 1. The van der Waals surface area contributed by atoms with Crippen LogP contribution in [0.3, 0.4) is 0 Å². The number of rotatable bonds is 7. The molecule has 4 nitrogen and oxygen atoms in total. The number of aromatic hydroxyl groups is 1. The molecule has 0 aromatic heterocycles. The van der Waals surface area contributed by atoms with Crippen LogP contribution < -0.4 is 4.74 Å². The minimum atomic E-state index is -0.881. The Morgan fingerprint density at radius 1 is 1.03 bits per heavy atom. The molecule has 1 N–H and O–H groups in total. The van der Waals surface area contributed by atoms with E-state index in [1.54, 1.807) is 6.07 Å². The van der Waals surface area contributed by atoms with Crippen molar-refractivity contribution >= 4 is 11.5 Å². The van der Waals surface area contributed by atoms with Crippen LogP contribution in [-0.2, 0) is 11.2 Å². The van der Waals surface area contributed by atoms with Gasteiger partial charge in [-0.05, 0) is 49.4 Å². The highest BCUT2D eigenvalue weighted by molar-refractivity contribution is 6.00. The van der Waals surface area contributed by atoms with Crippen LogP contribution in [0.15, 0.2) is 61.2 Å². The normalized spacial score (nSPS) is 14.9. The van der Waals surface area contributed by atoms with Crippen LogP contribution in [0.5, 0.6) is 11.5 Å². The Balaban J connectivity index is 1.94. The molecule has 0 radical (unpaired) electrons. The van der Waals surface area contributed by atoms with Gasteiger partial charge in [0.15, 0.2) is 5.75 Å². The number of carbonyl (C=O) groups is 1. The minimum absolute atomic E-state index is 0.0925. The van der Waals surface area contributed by atoms with Gasteiger partial charge in [0.1, 0.15) is 11.3 Å². The van der Waals surface area contributed by atoms with Crippen molar-refractivity contribution < 1.29 is 19.4 Å². The lowest BCUT2D eigenvalue weighted by molar-refractivity contribution is -0.0623. The lowest BCUT2D eigenvalue weighted by Crippen LogP contribution is -2.25. The van der Waals surface area contributed by atoms with E-state index in [1.807, 2.05) is 62.4 Å². The number of carbonyl (C=O) groups excluding carboxylic acids is 1. The Bertz CT molecular complexity index is 1190.